The van der Waals surface area contributed by atoms with Gasteiger partial charge in [-0.1, -0.05) is 159 Å². The molecule has 0 fully saturated rings. The first-order chi connectivity index (χ1) is 30.4. The standard InChI is InChI=1S/C59H41NOS/c1-58(2)49-21-8-4-14-41(49)44-32-30-39(35-53(44)58)60(37-28-26-36(27-29-37)40-18-12-20-47-45-17-7-11-25-55(45)62-57(40)47)38-31-33-54-48(34-38)46-19-13-24-52(56(46)61-54)59(3)50-22-9-5-15-42(50)43-16-6-10-23-51(43)59/h4-35H,1-3H3. The number of para-hydroxylation sites is 1. The zero-order chi connectivity index (χ0) is 41.3. The number of furan rings is 1. The molecule has 0 spiro atoms. The molecule has 0 N–H and O–H groups in total. The minimum absolute atomic E-state index is 0.130. The highest BCUT2D eigenvalue weighted by molar-refractivity contribution is 7.26. The Labute approximate surface area is 365 Å². The molecule has 2 nitrogen and oxygen atoms in total. The van der Waals surface area contributed by atoms with Crippen LogP contribution in [-0.2, 0) is 10.8 Å². The summed E-state index contributed by atoms with van der Waals surface area (Å²) in [6.07, 6.45) is 0. The lowest BCUT2D eigenvalue weighted by Gasteiger charge is -2.28. The molecule has 0 radical (unpaired) electrons. The number of nitrogens with zero attached hydrogens (tertiary/aromatic N) is 1. The first-order valence-electron chi connectivity index (χ1n) is 21.6. The van der Waals surface area contributed by atoms with Gasteiger partial charge in [0.2, 0.25) is 0 Å². The SMILES string of the molecule is CC1(C)c2ccccc2-c2ccc(N(c3ccc(-c4cccc5c4sc4ccccc45)cc3)c3ccc4oc5c(C6(C)c7ccccc7-c7ccccc76)cccc5c4c3)cc21. The van der Waals surface area contributed by atoms with Crippen LogP contribution in [0.3, 0.4) is 0 Å². The van der Waals surface area contributed by atoms with Crippen molar-refractivity contribution < 1.29 is 4.42 Å². The van der Waals surface area contributed by atoms with E-state index in [-0.39, 0.29) is 10.8 Å². The summed E-state index contributed by atoms with van der Waals surface area (Å²) in [7, 11) is 0. The summed E-state index contributed by atoms with van der Waals surface area (Å²) >= 11 is 1.88. The predicted octanol–water partition coefficient (Wildman–Crippen LogP) is 16.7. The number of benzene rings is 9. The molecule has 2 heterocycles. The second kappa shape index (κ2) is 12.9. The minimum atomic E-state index is -0.369. The molecule has 62 heavy (non-hydrogen) atoms. The van der Waals surface area contributed by atoms with E-state index in [0.717, 1.165) is 39.0 Å². The van der Waals surface area contributed by atoms with E-state index in [1.807, 2.05) is 11.3 Å². The summed E-state index contributed by atoms with van der Waals surface area (Å²) in [5.41, 5.74) is 18.9. The zero-order valence-electron chi connectivity index (χ0n) is 34.7. The van der Waals surface area contributed by atoms with Gasteiger partial charge in [0.15, 0.2) is 0 Å². The molecule has 13 rings (SSSR count). The second-order valence-electron chi connectivity index (χ2n) is 17.7. The van der Waals surface area contributed by atoms with Gasteiger partial charge in [0.05, 0.1) is 0 Å². The van der Waals surface area contributed by atoms with E-state index in [9.17, 15) is 0 Å². The predicted molar refractivity (Wildman–Crippen MR) is 262 cm³/mol. The highest BCUT2D eigenvalue weighted by Gasteiger charge is 2.42. The molecule has 0 bridgehead atoms. The molecule has 0 saturated heterocycles. The molecule has 0 aliphatic heterocycles. The van der Waals surface area contributed by atoms with E-state index in [4.69, 9.17) is 4.42 Å². The first kappa shape index (κ1) is 35.5. The molecule has 9 aromatic carbocycles. The Morgan fingerprint density at radius 2 is 0.952 bits per heavy atom. The van der Waals surface area contributed by atoms with Gasteiger partial charge >= 0.3 is 0 Å². The monoisotopic (exact) mass is 811 g/mol. The number of fused-ring (bicyclic) bond motifs is 12. The summed E-state index contributed by atoms with van der Waals surface area (Å²) in [6.45, 7) is 7.08. The van der Waals surface area contributed by atoms with Crippen LogP contribution in [0.5, 0.6) is 0 Å². The van der Waals surface area contributed by atoms with Crippen LogP contribution >= 0.6 is 11.3 Å². The lowest BCUT2D eigenvalue weighted by Crippen LogP contribution is -2.22. The first-order valence-corrected chi connectivity index (χ1v) is 22.4. The van der Waals surface area contributed by atoms with Gasteiger partial charge in [-0.25, -0.2) is 0 Å². The molecular formula is C59H41NOS. The van der Waals surface area contributed by atoms with Crippen LogP contribution in [0.15, 0.2) is 199 Å². The van der Waals surface area contributed by atoms with Crippen molar-refractivity contribution in [1.29, 1.82) is 0 Å². The van der Waals surface area contributed by atoms with Gasteiger partial charge < -0.3 is 9.32 Å². The molecule has 294 valence electrons. The third kappa shape index (κ3) is 4.86. The molecule has 11 aromatic rings. The van der Waals surface area contributed by atoms with Crippen molar-refractivity contribution in [3.05, 3.63) is 222 Å². The molecular weight excluding hydrogens is 771 g/mol. The van der Waals surface area contributed by atoms with Gasteiger partial charge in [0.1, 0.15) is 11.2 Å². The summed E-state index contributed by atoms with van der Waals surface area (Å²) < 4.78 is 9.61. The molecule has 0 unspecified atom stereocenters. The Hall–Kier alpha value is -7.20. The number of anilines is 3. The van der Waals surface area contributed by atoms with Gasteiger partial charge in [-0.15, -0.1) is 11.3 Å². The third-order valence-corrected chi connectivity index (χ3v) is 15.4. The number of thiophene rings is 1. The van der Waals surface area contributed by atoms with Crippen LogP contribution in [0.25, 0.3) is 75.5 Å². The summed E-state index contributed by atoms with van der Waals surface area (Å²) in [5.74, 6) is 0. The largest absolute Gasteiger partial charge is 0.456 e. The Morgan fingerprint density at radius 1 is 0.403 bits per heavy atom. The molecule has 2 aliphatic rings. The maximum Gasteiger partial charge on any atom is 0.139 e. The Kier molecular flexibility index (Phi) is 7.40. The Morgan fingerprint density at radius 3 is 1.73 bits per heavy atom. The average Bonchev–Trinajstić information content (AvgIpc) is 4.03. The van der Waals surface area contributed by atoms with Crippen molar-refractivity contribution in [3.63, 3.8) is 0 Å². The van der Waals surface area contributed by atoms with Crippen LogP contribution < -0.4 is 4.90 Å². The fraction of sp³-hybridized carbons (Fsp3) is 0.0847. The highest BCUT2D eigenvalue weighted by Crippen LogP contribution is 2.55. The quantitative estimate of drug-likeness (QED) is 0.172. The van der Waals surface area contributed by atoms with Gasteiger partial charge in [0, 0.05) is 64.4 Å². The summed E-state index contributed by atoms with van der Waals surface area (Å²) in [6, 6.07) is 71.7. The topological polar surface area (TPSA) is 16.4 Å². The van der Waals surface area contributed by atoms with Gasteiger partial charge in [0.25, 0.3) is 0 Å². The normalized spacial score (nSPS) is 14.3. The van der Waals surface area contributed by atoms with E-state index >= 15 is 0 Å². The van der Waals surface area contributed by atoms with Crippen LogP contribution in [0, 0.1) is 0 Å². The van der Waals surface area contributed by atoms with Crippen LogP contribution in [-0.4, -0.2) is 0 Å². The van der Waals surface area contributed by atoms with Crippen molar-refractivity contribution in [2.45, 2.75) is 31.6 Å². The highest BCUT2D eigenvalue weighted by atomic mass is 32.1. The van der Waals surface area contributed by atoms with Crippen molar-refractivity contribution in [1.82, 2.24) is 0 Å². The fourth-order valence-corrected chi connectivity index (χ4v) is 12.3. The van der Waals surface area contributed by atoms with Crippen LogP contribution in [0.1, 0.15) is 48.6 Å². The number of hydrogen-bond acceptors (Lipinski definition) is 3. The van der Waals surface area contributed by atoms with Crippen molar-refractivity contribution >= 4 is 70.5 Å². The van der Waals surface area contributed by atoms with E-state index in [2.05, 4.69) is 220 Å². The van der Waals surface area contributed by atoms with Crippen molar-refractivity contribution in [2.24, 2.45) is 0 Å². The minimum Gasteiger partial charge on any atom is -0.456 e. The Balaban J connectivity index is 0.983. The van der Waals surface area contributed by atoms with E-state index < -0.39 is 0 Å². The summed E-state index contributed by atoms with van der Waals surface area (Å²) in [5, 5.41) is 4.86. The molecule has 2 aliphatic carbocycles. The number of hydrogen-bond donors (Lipinski definition) is 0. The van der Waals surface area contributed by atoms with E-state index in [0.29, 0.717) is 0 Å². The fourth-order valence-electron chi connectivity index (χ4n) is 11.1. The van der Waals surface area contributed by atoms with Gasteiger partial charge in [-0.05, 0) is 111 Å². The smallest absolute Gasteiger partial charge is 0.139 e. The van der Waals surface area contributed by atoms with E-state index in [1.54, 1.807) is 0 Å². The maximum atomic E-state index is 6.97. The van der Waals surface area contributed by atoms with Crippen molar-refractivity contribution in [3.8, 4) is 33.4 Å². The molecule has 3 heteroatoms. The maximum absolute atomic E-state index is 6.97. The lowest BCUT2D eigenvalue weighted by atomic mass is 9.74. The molecule has 0 atom stereocenters. The Bertz CT molecular complexity index is 3590. The van der Waals surface area contributed by atoms with E-state index in [1.165, 1.54) is 81.4 Å². The molecule has 0 amide bonds. The molecule has 0 saturated carbocycles. The second-order valence-corrected chi connectivity index (χ2v) is 18.8. The van der Waals surface area contributed by atoms with Crippen LogP contribution in [0.4, 0.5) is 17.1 Å². The van der Waals surface area contributed by atoms with Crippen LogP contribution in [0.2, 0.25) is 0 Å². The van der Waals surface area contributed by atoms with Gasteiger partial charge in [-0.2, -0.15) is 0 Å². The third-order valence-electron chi connectivity index (χ3n) is 14.2. The lowest BCUT2D eigenvalue weighted by molar-refractivity contribution is 0.638. The van der Waals surface area contributed by atoms with Gasteiger partial charge in [-0.3, -0.25) is 0 Å². The zero-order valence-corrected chi connectivity index (χ0v) is 35.6. The molecule has 2 aromatic heterocycles. The number of rotatable bonds is 5. The summed E-state index contributed by atoms with van der Waals surface area (Å²) in [4.78, 5) is 2.43. The van der Waals surface area contributed by atoms with Crippen molar-refractivity contribution in [2.75, 3.05) is 4.90 Å². The average molecular weight is 812 g/mol.